The van der Waals surface area contributed by atoms with E-state index in [-0.39, 0.29) is 17.5 Å². The molecule has 160 valence electrons. The minimum Gasteiger partial charge on any atom is -0.346 e. The Morgan fingerprint density at radius 2 is 1.81 bits per heavy atom. The zero-order valence-electron chi connectivity index (χ0n) is 18.0. The lowest BCUT2D eigenvalue weighted by Crippen LogP contribution is -2.26. The average molecular weight is 421 g/mol. The topological polar surface area (TPSA) is 125 Å². The number of nitrogens with zero attached hydrogens (tertiary/aromatic N) is 7. The van der Waals surface area contributed by atoms with Crippen molar-refractivity contribution in [1.82, 2.24) is 39.6 Å². The molecule has 11 nitrogen and oxygen atoms in total. The van der Waals surface area contributed by atoms with Crippen LogP contribution in [0.2, 0.25) is 0 Å². The number of carbonyl (C=O) groups is 2. The van der Waals surface area contributed by atoms with Crippen LogP contribution in [-0.2, 0) is 27.7 Å². The molecule has 2 amide bonds. The summed E-state index contributed by atoms with van der Waals surface area (Å²) in [5, 5.41) is 18.9. The Morgan fingerprint density at radius 1 is 1.03 bits per heavy atom. The highest BCUT2D eigenvalue weighted by molar-refractivity contribution is 6.14. The van der Waals surface area contributed by atoms with Crippen LogP contribution in [-0.4, -0.2) is 46.1 Å². The Hall–Kier alpha value is -4.02. The number of amides is 2. The maximum absolute atomic E-state index is 13.2. The zero-order chi connectivity index (χ0) is 22.3. The first-order valence-electron chi connectivity index (χ1n) is 9.64. The molecular formula is C20H23N9O2. The van der Waals surface area contributed by atoms with E-state index in [1.54, 1.807) is 35.7 Å². The summed E-state index contributed by atoms with van der Waals surface area (Å²) in [6.07, 6.45) is 4.96. The number of hydrogen-bond acceptors (Lipinski definition) is 6. The Balaban J connectivity index is 1.60. The van der Waals surface area contributed by atoms with Gasteiger partial charge in [0.1, 0.15) is 5.69 Å². The monoisotopic (exact) mass is 421 g/mol. The number of aromatic nitrogens is 7. The Kier molecular flexibility index (Phi) is 5.01. The highest BCUT2D eigenvalue weighted by Crippen LogP contribution is 2.23. The summed E-state index contributed by atoms with van der Waals surface area (Å²) in [4.78, 5) is 30.4. The van der Waals surface area contributed by atoms with Gasteiger partial charge in [-0.25, -0.2) is 4.98 Å². The third-order valence-electron chi connectivity index (χ3n) is 4.95. The normalized spacial score (nSPS) is 11.1. The fourth-order valence-corrected chi connectivity index (χ4v) is 3.57. The average Bonchev–Trinajstić information content (AvgIpc) is 3.37. The molecule has 0 spiro atoms. The van der Waals surface area contributed by atoms with E-state index < -0.39 is 0 Å². The number of fused-ring (bicyclic) bond motifs is 1. The van der Waals surface area contributed by atoms with E-state index in [9.17, 15) is 9.59 Å². The first-order valence-corrected chi connectivity index (χ1v) is 9.64. The van der Waals surface area contributed by atoms with Crippen LogP contribution < -0.4 is 10.6 Å². The van der Waals surface area contributed by atoms with Gasteiger partial charge in [-0.2, -0.15) is 15.3 Å². The van der Waals surface area contributed by atoms with Gasteiger partial charge in [0.15, 0.2) is 5.65 Å². The molecule has 4 heterocycles. The second-order valence-electron chi connectivity index (χ2n) is 7.41. The SMILES string of the molecule is Cc1cc(C(=O)Nc2cnn(C)c2C(=O)NCc2cnn(C)c2)c2c(C)nn(C)c2n1. The largest absolute Gasteiger partial charge is 0.346 e. The molecule has 0 aliphatic rings. The summed E-state index contributed by atoms with van der Waals surface area (Å²) in [5.41, 5.74) is 3.91. The number of hydrogen-bond donors (Lipinski definition) is 2. The third kappa shape index (κ3) is 3.77. The van der Waals surface area contributed by atoms with Gasteiger partial charge >= 0.3 is 0 Å². The molecule has 0 fully saturated rings. The number of carbonyl (C=O) groups excluding carboxylic acids is 2. The Bertz CT molecular complexity index is 1310. The molecule has 0 atom stereocenters. The van der Waals surface area contributed by atoms with Gasteiger partial charge in [-0.15, -0.1) is 0 Å². The van der Waals surface area contributed by atoms with Crippen molar-refractivity contribution in [2.24, 2.45) is 21.1 Å². The summed E-state index contributed by atoms with van der Waals surface area (Å²) in [6.45, 7) is 3.96. The number of aryl methyl sites for hydroxylation is 5. The van der Waals surface area contributed by atoms with Crippen LogP contribution in [0.4, 0.5) is 5.69 Å². The molecule has 4 aromatic rings. The lowest BCUT2D eigenvalue weighted by Gasteiger charge is -2.10. The second-order valence-corrected chi connectivity index (χ2v) is 7.41. The maximum Gasteiger partial charge on any atom is 0.271 e. The molecule has 4 aromatic heterocycles. The van der Waals surface area contributed by atoms with Crippen LogP contribution >= 0.6 is 0 Å². The molecule has 4 rings (SSSR count). The van der Waals surface area contributed by atoms with Crippen LogP contribution in [0.15, 0.2) is 24.7 Å². The number of rotatable bonds is 5. The van der Waals surface area contributed by atoms with Gasteiger partial charge in [-0.3, -0.25) is 23.6 Å². The summed E-state index contributed by atoms with van der Waals surface area (Å²) in [5.74, 6) is -0.714. The van der Waals surface area contributed by atoms with E-state index in [0.29, 0.717) is 40.2 Å². The smallest absolute Gasteiger partial charge is 0.271 e. The summed E-state index contributed by atoms with van der Waals surface area (Å²) >= 11 is 0. The number of pyridine rings is 1. The van der Waals surface area contributed by atoms with Crippen molar-refractivity contribution in [1.29, 1.82) is 0 Å². The van der Waals surface area contributed by atoms with Crippen molar-refractivity contribution in [3.05, 3.63) is 52.9 Å². The van der Waals surface area contributed by atoms with Gasteiger partial charge in [-0.05, 0) is 19.9 Å². The highest BCUT2D eigenvalue weighted by Gasteiger charge is 2.22. The molecule has 2 N–H and O–H groups in total. The van der Waals surface area contributed by atoms with Crippen molar-refractivity contribution < 1.29 is 9.59 Å². The summed E-state index contributed by atoms with van der Waals surface area (Å²) < 4.78 is 4.74. The van der Waals surface area contributed by atoms with Crippen LogP contribution in [0.1, 0.15) is 37.8 Å². The molecule has 0 aromatic carbocycles. The fraction of sp³-hybridized carbons (Fsp3) is 0.300. The van der Waals surface area contributed by atoms with E-state index in [4.69, 9.17) is 0 Å². The van der Waals surface area contributed by atoms with Crippen LogP contribution in [0.3, 0.4) is 0 Å². The second kappa shape index (κ2) is 7.67. The molecule has 0 aliphatic heterocycles. The van der Waals surface area contributed by atoms with Crippen molar-refractivity contribution >= 4 is 28.5 Å². The van der Waals surface area contributed by atoms with Gasteiger partial charge < -0.3 is 10.6 Å². The van der Waals surface area contributed by atoms with E-state index in [1.165, 1.54) is 10.9 Å². The molecule has 31 heavy (non-hydrogen) atoms. The third-order valence-corrected chi connectivity index (χ3v) is 4.95. The molecule has 0 radical (unpaired) electrons. The minimum absolute atomic E-state index is 0.252. The van der Waals surface area contributed by atoms with Crippen LogP contribution in [0.25, 0.3) is 11.0 Å². The van der Waals surface area contributed by atoms with Crippen molar-refractivity contribution in [3.63, 3.8) is 0 Å². The predicted octanol–water partition coefficient (Wildman–Crippen LogP) is 1.23. The standard InChI is InChI=1S/C20H23N9O2/c1-11-6-14(16-12(2)26-29(5)18(16)24-11)19(30)25-15-9-23-28(4)17(15)20(31)21-7-13-8-22-27(3)10-13/h6,8-10H,7H2,1-5H3,(H,21,31)(H,25,30). The molecule has 0 bridgehead atoms. The molecule has 11 heteroatoms. The summed E-state index contributed by atoms with van der Waals surface area (Å²) in [6, 6.07) is 1.71. The van der Waals surface area contributed by atoms with Crippen LogP contribution in [0, 0.1) is 13.8 Å². The zero-order valence-corrected chi connectivity index (χ0v) is 18.0. The van der Waals surface area contributed by atoms with Crippen molar-refractivity contribution in [2.45, 2.75) is 20.4 Å². The Labute approximate surface area is 178 Å². The van der Waals surface area contributed by atoms with E-state index in [1.807, 2.05) is 27.1 Å². The van der Waals surface area contributed by atoms with E-state index in [2.05, 4.69) is 30.9 Å². The lowest BCUT2D eigenvalue weighted by atomic mass is 10.1. The number of anilines is 1. The minimum atomic E-state index is -0.360. The molecule has 0 saturated carbocycles. The molecule has 0 saturated heterocycles. The molecular weight excluding hydrogens is 398 g/mol. The van der Waals surface area contributed by atoms with Crippen molar-refractivity contribution in [3.8, 4) is 0 Å². The molecule has 0 aliphatic carbocycles. The Morgan fingerprint density at radius 3 is 2.52 bits per heavy atom. The lowest BCUT2D eigenvalue weighted by molar-refractivity contribution is 0.0942. The van der Waals surface area contributed by atoms with E-state index >= 15 is 0 Å². The fourth-order valence-electron chi connectivity index (χ4n) is 3.57. The maximum atomic E-state index is 13.2. The van der Waals surface area contributed by atoms with Gasteiger partial charge in [0, 0.05) is 45.1 Å². The van der Waals surface area contributed by atoms with Crippen molar-refractivity contribution in [2.75, 3.05) is 5.32 Å². The predicted molar refractivity (Wildman–Crippen MR) is 114 cm³/mol. The van der Waals surface area contributed by atoms with Gasteiger partial charge in [0.05, 0.1) is 34.7 Å². The quantitative estimate of drug-likeness (QED) is 0.499. The summed E-state index contributed by atoms with van der Waals surface area (Å²) in [7, 11) is 5.24. The van der Waals surface area contributed by atoms with Gasteiger partial charge in [-0.1, -0.05) is 0 Å². The van der Waals surface area contributed by atoms with Crippen LogP contribution in [0.5, 0.6) is 0 Å². The van der Waals surface area contributed by atoms with E-state index in [0.717, 1.165) is 5.56 Å². The van der Waals surface area contributed by atoms with Gasteiger partial charge in [0.2, 0.25) is 0 Å². The molecule has 0 unspecified atom stereocenters. The highest BCUT2D eigenvalue weighted by atomic mass is 16.2. The first kappa shape index (κ1) is 20.3. The first-order chi connectivity index (χ1) is 14.7. The van der Waals surface area contributed by atoms with Gasteiger partial charge in [0.25, 0.3) is 11.8 Å². The number of nitrogens with one attached hydrogen (secondary N) is 2.